The molecule has 0 atom stereocenters. The molecule has 2 heterocycles. The van der Waals surface area contributed by atoms with Crippen molar-refractivity contribution in [2.24, 2.45) is 0 Å². The molecule has 2 aromatic heterocycles. The molecule has 0 bridgehead atoms. The molecule has 4 heteroatoms. The van der Waals surface area contributed by atoms with E-state index >= 15 is 0 Å². The van der Waals surface area contributed by atoms with Gasteiger partial charge in [-0.25, -0.2) is 4.98 Å². The Morgan fingerprint density at radius 1 is 1.24 bits per heavy atom. The van der Waals surface area contributed by atoms with E-state index in [1.165, 1.54) is 6.42 Å². The van der Waals surface area contributed by atoms with Gasteiger partial charge in [-0.15, -0.1) is 0 Å². The van der Waals surface area contributed by atoms with Gasteiger partial charge in [-0.05, 0) is 37.1 Å². The molecular formula is C13H14N2OS. The minimum atomic E-state index is 0.0538. The predicted octanol–water partition coefficient (Wildman–Crippen LogP) is 2.77. The number of rotatable bonds is 1. The van der Waals surface area contributed by atoms with Crippen LogP contribution in [0.25, 0.3) is 11.4 Å². The molecule has 0 aliphatic heterocycles. The highest BCUT2D eigenvalue weighted by Crippen LogP contribution is 2.21. The molecule has 0 fully saturated rings. The van der Waals surface area contributed by atoms with Crippen LogP contribution in [0.3, 0.4) is 0 Å². The average molecular weight is 246 g/mol. The number of hydrogen-bond acceptors (Lipinski definition) is 3. The van der Waals surface area contributed by atoms with Crippen LogP contribution in [0.1, 0.15) is 30.5 Å². The normalized spacial score (nSPS) is 15.3. The highest BCUT2D eigenvalue weighted by molar-refractivity contribution is 7.08. The largest absolute Gasteiger partial charge is 0.306 e. The monoisotopic (exact) mass is 246 g/mol. The minimum absolute atomic E-state index is 0.0538. The first-order valence-electron chi connectivity index (χ1n) is 5.99. The van der Waals surface area contributed by atoms with Crippen LogP contribution < -0.4 is 5.56 Å². The van der Waals surface area contributed by atoms with Crippen molar-refractivity contribution in [2.75, 3.05) is 0 Å². The van der Waals surface area contributed by atoms with Crippen molar-refractivity contribution in [2.45, 2.75) is 32.1 Å². The second-order valence-electron chi connectivity index (χ2n) is 4.41. The molecule has 0 radical (unpaired) electrons. The van der Waals surface area contributed by atoms with E-state index in [0.29, 0.717) is 0 Å². The van der Waals surface area contributed by atoms with Crippen molar-refractivity contribution in [1.82, 2.24) is 9.97 Å². The Morgan fingerprint density at radius 3 is 2.94 bits per heavy atom. The van der Waals surface area contributed by atoms with Crippen LogP contribution in [0.4, 0.5) is 0 Å². The summed E-state index contributed by atoms with van der Waals surface area (Å²) in [5.41, 5.74) is 2.98. The van der Waals surface area contributed by atoms with Crippen LogP contribution in [0, 0.1) is 0 Å². The fourth-order valence-electron chi connectivity index (χ4n) is 2.32. The van der Waals surface area contributed by atoms with Crippen LogP contribution in [-0.2, 0) is 12.8 Å². The molecule has 0 spiro atoms. The zero-order valence-electron chi connectivity index (χ0n) is 9.53. The van der Waals surface area contributed by atoms with Crippen LogP contribution in [-0.4, -0.2) is 9.97 Å². The van der Waals surface area contributed by atoms with Gasteiger partial charge in [0.2, 0.25) is 0 Å². The Morgan fingerprint density at radius 2 is 2.12 bits per heavy atom. The van der Waals surface area contributed by atoms with Gasteiger partial charge in [0.15, 0.2) is 0 Å². The minimum Gasteiger partial charge on any atom is -0.306 e. The van der Waals surface area contributed by atoms with Gasteiger partial charge in [-0.2, -0.15) is 11.3 Å². The van der Waals surface area contributed by atoms with Crippen molar-refractivity contribution in [3.8, 4) is 11.4 Å². The van der Waals surface area contributed by atoms with E-state index in [0.717, 1.165) is 48.3 Å². The number of fused-ring (bicyclic) bond motifs is 1. The van der Waals surface area contributed by atoms with Crippen molar-refractivity contribution >= 4 is 11.3 Å². The van der Waals surface area contributed by atoms with Crippen LogP contribution >= 0.6 is 11.3 Å². The van der Waals surface area contributed by atoms with Gasteiger partial charge in [0, 0.05) is 16.5 Å². The molecule has 17 heavy (non-hydrogen) atoms. The fraction of sp³-hybridized carbons (Fsp3) is 0.385. The highest BCUT2D eigenvalue weighted by Gasteiger charge is 2.14. The summed E-state index contributed by atoms with van der Waals surface area (Å²) in [6, 6.07) is 1.99. The molecule has 0 saturated carbocycles. The number of nitrogens with one attached hydrogen (secondary N) is 1. The van der Waals surface area contributed by atoms with Gasteiger partial charge >= 0.3 is 0 Å². The van der Waals surface area contributed by atoms with E-state index in [4.69, 9.17) is 0 Å². The van der Waals surface area contributed by atoms with E-state index in [9.17, 15) is 4.79 Å². The molecule has 0 unspecified atom stereocenters. The van der Waals surface area contributed by atoms with Crippen molar-refractivity contribution in [1.29, 1.82) is 0 Å². The number of H-pyrrole nitrogens is 1. The molecule has 0 aromatic carbocycles. The van der Waals surface area contributed by atoms with Crippen LogP contribution in [0.5, 0.6) is 0 Å². The summed E-state index contributed by atoms with van der Waals surface area (Å²) >= 11 is 1.62. The van der Waals surface area contributed by atoms with Gasteiger partial charge in [0.25, 0.3) is 5.56 Å². The van der Waals surface area contributed by atoms with Crippen molar-refractivity contribution in [3.05, 3.63) is 38.4 Å². The number of nitrogens with zero attached hydrogens (tertiary/aromatic N) is 1. The third kappa shape index (κ3) is 2.05. The fourth-order valence-corrected chi connectivity index (χ4v) is 2.96. The smallest absolute Gasteiger partial charge is 0.254 e. The van der Waals surface area contributed by atoms with Crippen molar-refractivity contribution < 1.29 is 0 Å². The number of hydrogen-bond donors (Lipinski definition) is 1. The van der Waals surface area contributed by atoms with E-state index in [-0.39, 0.29) is 5.56 Å². The number of thiophene rings is 1. The maximum Gasteiger partial charge on any atom is 0.254 e. The van der Waals surface area contributed by atoms with Gasteiger partial charge < -0.3 is 4.98 Å². The lowest BCUT2D eigenvalue weighted by atomic mass is 10.1. The summed E-state index contributed by atoms with van der Waals surface area (Å²) < 4.78 is 0. The zero-order valence-corrected chi connectivity index (χ0v) is 10.3. The second kappa shape index (κ2) is 4.45. The summed E-state index contributed by atoms with van der Waals surface area (Å²) in [6.07, 6.45) is 5.27. The molecule has 0 amide bonds. The molecule has 88 valence electrons. The molecular weight excluding hydrogens is 232 g/mol. The summed E-state index contributed by atoms with van der Waals surface area (Å²) in [7, 11) is 0. The molecule has 1 aliphatic carbocycles. The lowest BCUT2D eigenvalue weighted by molar-refractivity contribution is 0.708. The number of aromatic amines is 1. The molecule has 3 rings (SSSR count). The first kappa shape index (κ1) is 10.7. The SMILES string of the molecule is O=c1[nH]c(-c2ccsc2)nc2c1CCCCC2. The Labute approximate surface area is 104 Å². The molecule has 1 N–H and O–H groups in total. The molecule has 3 nitrogen and oxygen atoms in total. The lowest BCUT2D eigenvalue weighted by Gasteiger charge is -2.05. The number of aryl methyl sites for hydroxylation is 1. The van der Waals surface area contributed by atoms with E-state index in [2.05, 4.69) is 9.97 Å². The maximum atomic E-state index is 12.0. The Hall–Kier alpha value is -1.42. The predicted molar refractivity (Wildman–Crippen MR) is 69.4 cm³/mol. The summed E-state index contributed by atoms with van der Waals surface area (Å²) in [5, 5.41) is 4.02. The average Bonchev–Trinajstić information content (AvgIpc) is 2.75. The maximum absolute atomic E-state index is 12.0. The first-order chi connectivity index (χ1) is 8.34. The lowest BCUT2D eigenvalue weighted by Crippen LogP contribution is -2.17. The first-order valence-corrected chi connectivity index (χ1v) is 6.93. The Bertz CT molecular complexity index is 572. The Balaban J connectivity index is 2.12. The quantitative estimate of drug-likeness (QED) is 0.786. The van der Waals surface area contributed by atoms with E-state index in [1.807, 2.05) is 16.8 Å². The van der Waals surface area contributed by atoms with Gasteiger partial charge in [0.05, 0.1) is 5.69 Å². The van der Waals surface area contributed by atoms with Gasteiger partial charge in [-0.3, -0.25) is 4.79 Å². The number of aromatic nitrogens is 2. The molecule has 0 saturated heterocycles. The van der Waals surface area contributed by atoms with Gasteiger partial charge in [-0.1, -0.05) is 6.42 Å². The summed E-state index contributed by atoms with van der Waals surface area (Å²) in [6.45, 7) is 0. The summed E-state index contributed by atoms with van der Waals surface area (Å²) in [5.74, 6) is 0.719. The van der Waals surface area contributed by atoms with Crippen molar-refractivity contribution in [3.63, 3.8) is 0 Å². The molecule has 2 aromatic rings. The van der Waals surface area contributed by atoms with E-state index in [1.54, 1.807) is 11.3 Å². The summed E-state index contributed by atoms with van der Waals surface area (Å²) in [4.78, 5) is 19.6. The van der Waals surface area contributed by atoms with Gasteiger partial charge in [0.1, 0.15) is 5.82 Å². The highest BCUT2D eigenvalue weighted by atomic mass is 32.1. The zero-order chi connectivity index (χ0) is 11.7. The van der Waals surface area contributed by atoms with Crippen LogP contribution in [0.15, 0.2) is 21.6 Å². The second-order valence-corrected chi connectivity index (χ2v) is 5.19. The topological polar surface area (TPSA) is 45.8 Å². The van der Waals surface area contributed by atoms with Crippen LogP contribution in [0.2, 0.25) is 0 Å². The molecule has 1 aliphatic rings. The third-order valence-electron chi connectivity index (χ3n) is 3.24. The van der Waals surface area contributed by atoms with E-state index < -0.39 is 0 Å². The standard InChI is InChI=1S/C13H14N2OS/c16-13-10-4-2-1-3-5-11(10)14-12(15-13)9-6-7-17-8-9/h6-8H,1-5H2,(H,14,15,16). The third-order valence-corrected chi connectivity index (χ3v) is 3.92. The Kier molecular flexibility index (Phi) is 2.81.